The van der Waals surface area contributed by atoms with Crippen LogP contribution in [0.15, 0.2) is 30.3 Å². The SMILES string of the molecule is CC12OC(=O)C3(CCCC3)C1(c1ccccc1)OC(=O)C21CCCC1. The zero-order valence-corrected chi connectivity index (χ0v) is 14.7. The van der Waals surface area contributed by atoms with E-state index in [1.807, 2.05) is 37.3 Å². The second kappa shape index (κ2) is 4.66. The topological polar surface area (TPSA) is 52.6 Å². The van der Waals surface area contributed by atoms with E-state index in [2.05, 4.69) is 0 Å². The van der Waals surface area contributed by atoms with E-state index in [4.69, 9.17) is 9.47 Å². The van der Waals surface area contributed by atoms with Crippen molar-refractivity contribution in [2.45, 2.75) is 69.5 Å². The summed E-state index contributed by atoms with van der Waals surface area (Å²) in [7, 11) is 0. The number of carbonyl (C=O) groups excluding carboxylic acids is 2. The van der Waals surface area contributed by atoms with E-state index in [-0.39, 0.29) is 11.9 Å². The molecule has 25 heavy (non-hydrogen) atoms. The molecule has 2 aliphatic carbocycles. The Hall–Kier alpha value is -1.84. The van der Waals surface area contributed by atoms with Crippen LogP contribution in [0.3, 0.4) is 0 Å². The standard InChI is InChI=1S/C21H24O4/c1-18-19(11-5-6-12-19)16(22)25-21(18,15-9-3-2-4-10-15)20(17(23)24-18)13-7-8-14-20/h2-4,9-10H,5-8,11-14H2,1H3. The molecule has 2 saturated carbocycles. The predicted octanol–water partition coefficient (Wildman–Crippen LogP) is 3.88. The van der Waals surface area contributed by atoms with Gasteiger partial charge in [-0.1, -0.05) is 56.0 Å². The molecule has 4 aliphatic rings. The van der Waals surface area contributed by atoms with Gasteiger partial charge in [-0.25, -0.2) is 0 Å². The van der Waals surface area contributed by atoms with Gasteiger partial charge in [0.25, 0.3) is 0 Å². The summed E-state index contributed by atoms with van der Waals surface area (Å²) >= 11 is 0. The molecule has 0 bridgehead atoms. The van der Waals surface area contributed by atoms with Gasteiger partial charge in [-0.2, -0.15) is 0 Å². The third-order valence-corrected chi connectivity index (χ3v) is 7.68. The summed E-state index contributed by atoms with van der Waals surface area (Å²) in [5.41, 5.74) is -2.41. The molecule has 0 amide bonds. The molecule has 2 atom stereocenters. The highest BCUT2D eigenvalue weighted by atomic mass is 16.6. The lowest BCUT2D eigenvalue weighted by Gasteiger charge is -2.44. The van der Waals surface area contributed by atoms with Gasteiger partial charge in [0.1, 0.15) is 10.8 Å². The molecule has 4 nitrogen and oxygen atoms in total. The second-order valence-corrected chi connectivity index (χ2v) is 8.44. The largest absolute Gasteiger partial charge is 0.453 e. The molecule has 2 heterocycles. The van der Waals surface area contributed by atoms with Gasteiger partial charge in [0.15, 0.2) is 11.2 Å². The monoisotopic (exact) mass is 340 g/mol. The van der Waals surface area contributed by atoms with E-state index in [0.29, 0.717) is 0 Å². The summed E-state index contributed by atoms with van der Waals surface area (Å²) in [6, 6.07) is 9.88. The lowest BCUT2D eigenvalue weighted by atomic mass is 9.56. The minimum absolute atomic E-state index is 0.157. The molecule has 2 aliphatic heterocycles. The van der Waals surface area contributed by atoms with Crippen LogP contribution >= 0.6 is 0 Å². The van der Waals surface area contributed by atoms with Crippen molar-refractivity contribution in [3.05, 3.63) is 35.9 Å². The fourth-order valence-electron chi connectivity index (χ4n) is 6.49. The normalized spacial score (nSPS) is 37.5. The first-order valence-corrected chi connectivity index (χ1v) is 9.55. The number of rotatable bonds is 1. The molecular formula is C21H24O4. The Balaban J connectivity index is 1.82. The number of ether oxygens (including phenoxy) is 2. The number of carbonyl (C=O) groups is 2. The van der Waals surface area contributed by atoms with Crippen molar-refractivity contribution < 1.29 is 19.1 Å². The van der Waals surface area contributed by atoms with Crippen molar-refractivity contribution in [1.29, 1.82) is 0 Å². The maximum atomic E-state index is 13.2. The molecule has 2 saturated heterocycles. The summed E-state index contributed by atoms with van der Waals surface area (Å²) in [4.78, 5) is 26.5. The summed E-state index contributed by atoms with van der Waals surface area (Å²) in [6.07, 6.45) is 6.90. The Morgan fingerprint density at radius 1 is 0.760 bits per heavy atom. The van der Waals surface area contributed by atoms with Crippen LogP contribution in [0.4, 0.5) is 0 Å². The van der Waals surface area contributed by atoms with E-state index >= 15 is 0 Å². The first-order chi connectivity index (χ1) is 12.0. The van der Waals surface area contributed by atoms with Gasteiger partial charge in [-0.15, -0.1) is 0 Å². The Kier molecular flexibility index (Phi) is 2.87. The molecule has 0 aromatic heterocycles. The first-order valence-electron chi connectivity index (χ1n) is 9.55. The molecule has 132 valence electrons. The average Bonchev–Trinajstić information content (AvgIpc) is 3.35. The van der Waals surface area contributed by atoms with Crippen molar-refractivity contribution in [2.24, 2.45) is 10.8 Å². The highest BCUT2D eigenvalue weighted by molar-refractivity contribution is 5.92. The Morgan fingerprint density at radius 3 is 1.88 bits per heavy atom. The van der Waals surface area contributed by atoms with Crippen molar-refractivity contribution in [2.75, 3.05) is 0 Å². The molecule has 4 heteroatoms. The summed E-state index contributed by atoms with van der Waals surface area (Å²) in [5.74, 6) is -0.315. The smallest absolute Gasteiger partial charge is 0.317 e. The Bertz CT molecular complexity index is 740. The number of fused-ring (bicyclic) bond motifs is 3. The molecule has 1 aromatic rings. The Morgan fingerprint density at radius 2 is 1.28 bits per heavy atom. The number of benzene rings is 1. The van der Waals surface area contributed by atoms with E-state index in [0.717, 1.165) is 56.9 Å². The van der Waals surface area contributed by atoms with E-state index in [1.54, 1.807) is 0 Å². The lowest BCUT2D eigenvalue weighted by molar-refractivity contribution is -0.169. The van der Waals surface area contributed by atoms with Crippen LogP contribution in [-0.4, -0.2) is 17.5 Å². The van der Waals surface area contributed by atoms with Crippen molar-refractivity contribution in [3.8, 4) is 0 Å². The minimum Gasteiger partial charge on any atom is -0.453 e. The summed E-state index contributed by atoms with van der Waals surface area (Å²) < 4.78 is 12.5. The average molecular weight is 340 g/mol. The number of hydrogen-bond acceptors (Lipinski definition) is 4. The van der Waals surface area contributed by atoms with Crippen LogP contribution in [0.5, 0.6) is 0 Å². The third-order valence-electron chi connectivity index (χ3n) is 7.68. The van der Waals surface area contributed by atoms with E-state index in [9.17, 15) is 9.59 Å². The summed E-state index contributed by atoms with van der Waals surface area (Å²) in [5, 5.41) is 0. The molecule has 2 unspecified atom stereocenters. The van der Waals surface area contributed by atoms with Gasteiger partial charge >= 0.3 is 11.9 Å². The van der Waals surface area contributed by atoms with Gasteiger partial charge < -0.3 is 9.47 Å². The predicted molar refractivity (Wildman–Crippen MR) is 90.5 cm³/mol. The quantitative estimate of drug-likeness (QED) is 0.728. The van der Waals surface area contributed by atoms with Gasteiger partial charge in [0.05, 0.1) is 0 Å². The fourth-order valence-corrected chi connectivity index (χ4v) is 6.49. The first kappa shape index (κ1) is 15.4. The van der Waals surface area contributed by atoms with Gasteiger partial charge in [0.2, 0.25) is 0 Å². The molecule has 4 fully saturated rings. The second-order valence-electron chi connectivity index (χ2n) is 8.44. The fraction of sp³-hybridized carbons (Fsp3) is 0.619. The zero-order chi connectivity index (χ0) is 17.3. The number of hydrogen-bond donors (Lipinski definition) is 0. The van der Waals surface area contributed by atoms with Crippen LogP contribution in [-0.2, 0) is 24.7 Å². The van der Waals surface area contributed by atoms with Crippen LogP contribution in [0.25, 0.3) is 0 Å². The van der Waals surface area contributed by atoms with Crippen molar-refractivity contribution in [3.63, 3.8) is 0 Å². The van der Waals surface area contributed by atoms with E-state index in [1.165, 1.54) is 0 Å². The molecule has 0 radical (unpaired) electrons. The van der Waals surface area contributed by atoms with E-state index < -0.39 is 22.0 Å². The molecule has 5 rings (SSSR count). The Labute approximate surface area is 147 Å². The highest BCUT2D eigenvalue weighted by Gasteiger charge is 2.86. The maximum absolute atomic E-state index is 13.2. The van der Waals surface area contributed by atoms with Gasteiger partial charge in [0, 0.05) is 5.56 Å². The maximum Gasteiger partial charge on any atom is 0.317 e. The number of esters is 2. The molecular weight excluding hydrogens is 316 g/mol. The highest BCUT2D eigenvalue weighted by Crippen LogP contribution is 2.74. The minimum atomic E-state index is -0.990. The summed E-state index contributed by atoms with van der Waals surface area (Å²) in [6.45, 7) is 1.97. The van der Waals surface area contributed by atoms with Crippen LogP contribution in [0.1, 0.15) is 63.9 Å². The van der Waals surface area contributed by atoms with Crippen LogP contribution < -0.4 is 0 Å². The third kappa shape index (κ3) is 1.44. The van der Waals surface area contributed by atoms with Crippen molar-refractivity contribution in [1.82, 2.24) is 0 Å². The van der Waals surface area contributed by atoms with Crippen LogP contribution in [0, 0.1) is 10.8 Å². The zero-order valence-electron chi connectivity index (χ0n) is 14.7. The molecule has 2 spiro atoms. The lowest BCUT2D eigenvalue weighted by Crippen LogP contribution is -2.57. The van der Waals surface area contributed by atoms with Crippen LogP contribution in [0.2, 0.25) is 0 Å². The molecule has 0 N–H and O–H groups in total. The van der Waals surface area contributed by atoms with Gasteiger partial charge in [-0.3, -0.25) is 9.59 Å². The van der Waals surface area contributed by atoms with Gasteiger partial charge in [-0.05, 0) is 32.6 Å². The van der Waals surface area contributed by atoms with Crippen molar-refractivity contribution >= 4 is 11.9 Å². The molecule has 1 aromatic carbocycles.